The SMILES string of the molecule is [CH]=C/C=C/C=C/C=C/C=C/C=C/C=C/C=C/CCCCC. The molecule has 0 aromatic rings. The van der Waals surface area contributed by atoms with Crippen molar-refractivity contribution in [3.63, 3.8) is 0 Å². The molecule has 0 heterocycles. The predicted octanol–water partition coefficient (Wildman–Crippen LogP) is 6.45. The molecule has 21 heavy (non-hydrogen) atoms. The van der Waals surface area contributed by atoms with Crippen LogP contribution in [0.5, 0.6) is 0 Å². The molecule has 0 nitrogen and oxygen atoms in total. The van der Waals surface area contributed by atoms with Crippen molar-refractivity contribution < 1.29 is 0 Å². The van der Waals surface area contributed by atoms with E-state index < -0.39 is 0 Å². The molecule has 0 heteroatoms. The lowest BCUT2D eigenvalue weighted by molar-refractivity contribution is 0.729. The fourth-order valence-electron chi connectivity index (χ4n) is 1.46. The Kier molecular flexibility index (Phi) is 16.1. The summed E-state index contributed by atoms with van der Waals surface area (Å²) < 4.78 is 0. The van der Waals surface area contributed by atoms with Gasteiger partial charge in [0.05, 0.1) is 0 Å². The van der Waals surface area contributed by atoms with Crippen molar-refractivity contribution in [3.05, 3.63) is 97.7 Å². The van der Waals surface area contributed by atoms with Gasteiger partial charge in [0, 0.05) is 0 Å². The van der Waals surface area contributed by atoms with Crippen molar-refractivity contribution in [3.8, 4) is 0 Å². The van der Waals surface area contributed by atoms with Crippen LogP contribution in [0.3, 0.4) is 0 Å². The largest absolute Gasteiger partial charge is 0.0845 e. The van der Waals surface area contributed by atoms with Crippen LogP contribution in [0.25, 0.3) is 0 Å². The van der Waals surface area contributed by atoms with Gasteiger partial charge in [-0.15, -0.1) is 0 Å². The van der Waals surface area contributed by atoms with E-state index in [1.807, 2.05) is 60.8 Å². The van der Waals surface area contributed by atoms with Crippen molar-refractivity contribution in [1.29, 1.82) is 0 Å². The molecule has 0 rings (SSSR count). The quantitative estimate of drug-likeness (QED) is 0.301. The highest BCUT2D eigenvalue weighted by Crippen LogP contribution is 1.99. The average molecular weight is 279 g/mol. The van der Waals surface area contributed by atoms with Gasteiger partial charge in [-0.1, -0.05) is 117 Å². The number of allylic oxidation sites excluding steroid dienone is 15. The van der Waals surface area contributed by atoms with Gasteiger partial charge in [-0.2, -0.15) is 0 Å². The molecule has 0 saturated heterocycles. The van der Waals surface area contributed by atoms with Gasteiger partial charge in [0.2, 0.25) is 0 Å². The van der Waals surface area contributed by atoms with Gasteiger partial charge in [0.1, 0.15) is 0 Å². The molecule has 0 aromatic carbocycles. The summed E-state index contributed by atoms with van der Waals surface area (Å²) in [4.78, 5) is 0. The minimum absolute atomic E-state index is 1.18. The summed E-state index contributed by atoms with van der Waals surface area (Å²) in [5.74, 6) is 0. The van der Waals surface area contributed by atoms with Crippen molar-refractivity contribution >= 4 is 0 Å². The van der Waals surface area contributed by atoms with Gasteiger partial charge >= 0.3 is 0 Å². The summed E-state index contributed by atoms with van der Waals surface area (Å²) >= 11 is 0. The minimum Gasteiger partial charge on any atom is -0.0845 e. The summed E-state index contributed by atoms with van der Waals surface area (Å²) in [6.45, 7) is 7.43. The minimum atomic E-state index is 1.18. The molecule has 0 aliphatic rings. The van der Waals surface area contributed by atoms with Crippen LogP contribution >= 0.6 is 0 Å². The topological polar surface area (TPSA) is 0 Å². The van der Waals surface area contributed by atoms with E-state index in [1.54, 1.807) is 6.08 Å². The molecule has 111 valence electrons. The van der Waals surface area contributed by atoms with E-state index in [0.717, 1.165) is 0 Å². The van der Waals surface area contributed by atoms with E-state index in [-0.39, 0.29) is 0 Å². The fourth-order valence-corrected chi connectivity index (χ4v) is 1.46. The highest BCUT2D eigenvalue weighted by Gasteiger charge is 1.79. The molecule has 0 aliphatic carbocycles. The van der Waals surface area contributed by atoms with E-state index in [0.29, 0.717) is 0 Å². The Hall–Kier alpha value is -2.08. The Morgan fingerprint density at radius 3 is 1.43 bits per heavy atom. The lowest BCUT2D eigenvalue weighted by atomic mass is 10.2. The number of hydrogen-bond donors (Lipinski definition) is 0. The van der Waals surface area contributed by atoms with Crippen LogP contribution < -0.4 is 0 Å². The Morgan fingerprint density at radius 1 is 0.571 bits per heavy atom. The second-order valence-electron chi connectivity index (χ2n) is 4.43. The molecule has 0 aromatic heterocycles. The lowest BCUT2D eigenvalue weighted by Gasteiger charge is -1.89. The summed E-state index contributed by atoms with van der Waals surface area (Å²) in [6.07, 6.45) is 34.6. The maximum atomic E-state index is 5.20. The summed E-state index contributed by atoms with van der Waals surface area (Å²) in [7, 11) is 0. The van der Waals surface area contributed by atoms with Crippen LogP contribution in [-0.2, 0) is 0 Å². The fraction of sp³-hybridized carbons (Fsp3) is 0.238. The zero-order valence-corrected chi connectivity index (χ0v) is 13.1. The molecule has 0 bridgehead atoms. The summed E-state index contributed by atoms with van der Waals surface area (Å²) in [5.41, 5.74) is 0. The standard InChI is InChI=1S/C21H27/c1-3-5-7-9-11-13-15-17-19-21-20-18-16-14-12-10-8-6-4-2/h1,3,5,7,9,11-21H,4,6,8,10H2,2H3/b3-1?,7-5+,11-9+,14-12+,15-13+,18-16+,19-17+,21-20+. The molecule has 0 N–H and O–H groups in total. The summed E-state index contributed by atoms with van der Waals surface area (Å²) in [6, 6.07) is 0. The maximum absolute atomic E-state index is 5.20. The van der Waals surface area contributed by atoms with Gasteiger partial charge in [-0.25, -0.2) is 0 Å². The second-order valence-corrected chi connectivity index (χ2v) is 4.43. The third-order valence-corrected chi connectivity index (χ3v) is 2.55. The van der Waals surface area contributed by atoms with E-state index >= 15 is 0 Å². The Morgan fingerprint density at radius 2 is 1.00 bits per heavy atom. The molecule has 0 atom stereocenters. The molecule has 0 fully saturated rings. The normalized spacial score (nSPS) is 13.6. The first-order chi connectivity index (χ1) is 10.4. The van der Waals surface area contributed by atoms with Crippen molar-refractivity contribution in [2.45, 2.75) is 32.6 Å². The highest BCUT2D eigenvalue weighted by molar-refractivity contribution is 5.20. The molecule has 1 radical (unpaired) electrons. The monoisotopic (exact) mass is 279 g/mol. The molecular formula is C21H27. The smallest absolute Gasteiger partial charge is 0.0348 e. The van der Waals surface area contributed by atoms with Crippen molar-refractivity contribution in [1.82, 2.24) is 0 Å². The van der Waals surface area contributed by atoms with Crippen LogP contribution in [0.4, 0.5) is 0 Å². The third-order valence-electron chi connectivity index (χ3n) is 2.55. The van der Waals surface area contributed by atoms with Crippen molar-refractivity contribution in [2.75, 3.05) is 0 Å². The van der Waals surface area contributed by atoms with Gasteiger partial charge in [-0.05, 0) is 12.8 Å². The highest BCUT2D eigenvalue weighted by atomic mass is 13.9. The van der Waals surface area contributed by atoms with Crippen molar-refractivity contribution in [2.24, 2.45) is 0 Å². The van der Waals surface area contributed by atoms with Crippen LogP contribution in [0.2, 0.25) is 0 Å². The molecule has 0 saturated carbocycles. The van der Waals surface area contributed by atoms with Gasteiger partial charge < -0.3 is 0 Å². The Labute approximate surface area is 131 Å². The van der Waals surface area contributed by atoms with Crippen LogP contribution in [0.1, 0.15) is 32.6 Å². The molecule has 0 amide bonds. The van der Waals surface area contributed by atoms with Crippen LogP contribution in [0.15, 0.2) is 91.1 Å². The van der Waals surface area contributed by atoms with E-state index in [9.17, 15) is 0 Å². The van der Waals surface area contributed by atoms with Gasteiger partial charge in [0.25, 0.3) is 0 Å². The van der Waals surface area contributed by atoms with E-state index in [4.69, 9.17) is 6.58 Å². The van der Waals surface area contributed by atoms with Crippen LogP contribution in [0, 0.1) is 6.58 Å². The van der Waals surface area contributed by atoms with Gasteiger partial charge in [-0.3, -0.25) is 0 Å². The lowest BCUT2D eigenvalue weighted by Crippen LogP contribution is -1.69. The Bertz CT molecular complexity index is 423. The summed E-state index contributed by atoms with van der Waals surface area (Å²) in [5, 5.41) is 0. The first-order valence-corrected chi connectivity index (χ1v) is 7.62. The number of rotatable bonds is 11. The first-order valence-electron chi connectivity index (χ1n) is 7.62. The number of hydrogen-bond acceptors (Lipinski definition) is 0. The second kappa shape index (κ2) is 17.9. The maximum Gasteiger partial charge on any atom is -0.0348 e. The molecule has 0 unspecified atom stereocenters. The zero-order chi connectivity index (χ0) is 15.4. The van der Waals surface area contributed by atoms with Gasteiger partial charge in [0.15, 0.2) is 0 Å². The first kappa shape index (κ1) is 18.9. The molecule has 0 spiro atoms. The predicted molar refractivity (Wildman–Crippen MR) is 97.0 cm³/mol. The zero-order valence-electron chi connectivity index (χ0n) is 13.1. The van der Waals surface area contributed by atoms with E-state index in [1.165, 1.54) is 31.8 Å². The molecule has 0 aliphatic heterocycles. The average Bonchev–Trinajstić information content (AvgIpc) is 2.50. The molecular weight excluding hydrogens is 252 g/mol. The number of unbranched alkanes of at least 4 members (excludes halogenated alkanes) is 3. The van der Waals surface area contributed by atoms with Crippen LogP contribution in [-0.4, -0.2) is 0 Å². The van der Waals surface area contributed by atoms with E-state index in [2.05, 4.69) is 25.2 Å². The third kappa shape index (κ3) is 17.9. The Balaban J connectivity index is 3.72.